The minimum absolute atomic E-state index is 0.0238. The lowest BCUT2D eigenvalue weighted by Crippen LogP contribution is -2.36. The third-order valence-corrected chi connectivity index (χ3v) is 5.34. The normalized spacial score (nSPS) is 16.4. The largest absolute Gasteiger partial charge is 0.489 e. The van der Waals surface area contributed by atoms with Crippen molar-refractivity contribution in [1.29, 1.82) is 0 Å². The molecule has 2 aromatic carbocycles. The molecule has 1 aliphatic rings. The Morgan fingerprint density at radius 3 is 2.87 bits per heavy atom. The molecule has 0 radical (unpaired) electrons. The van der Waals surface area contributed by atoms with Crippen molar-refractivity contribution in [2.75, 3.05) is 13.1 Å². The van der Waals surface area contributed by atoms with E-state index < -0.39 is 12.1 Å². The first kappa shape index (κ1) is 20.1. The number of nitrogens with zero attached hydrogens (tertiary/aromatic N) is 1. The summed E-state index contributed by atoms with van der Waals surface area (Å²) in [6.45, 7) is 1.07. The highest BCUT2D eigenvalue weighted by molar-refractivity contribution is 5.96. The van der Waals surface area contributed by atoms with Crippen LogP contribution in [0, 0.1) is 0 Å². The second-order valence-corrected chi connectivity index (χ2v) is 7.41. The minimum Gasteiger partial charge on any atom is -0.489 e. The third-order valence-electron chi connectivity index (χ3n) is 5.34. The standard InChI is InChI=1S/C24H24N2O4/c27-22(18-4-3-11-25-13-18)15-26-14-19-9-7-17-12-16(8-10-23(17)30-19)20-5-1-2-6-21(20)24(28)29/h1-6,8,10-13,19,22,26-27H,7,9,14-15H2,(H,28,29)/t19-,22-/m1/s1. The number of carboxylic acid groups (broad SMARTS) is 1. The van der Waals surface area contributed by atoms with Gasteiger partial charge in [0.2, 0.25) is 0 Å². The number of aromatic carboxylic acids is 1. The van der Waals surface area contributed by atoms with Gasteiger partial charge in [0.1, 0.15) is 11.9 Å². The van der Waals surface area contributed by atoms with Crippen molar-refractivity contribution < 1.29 is 19.7 Å². The Morgan fingerprint density at radius 1 is 1.20 bits per heavy atom. The average Bonchev–Trinajstić information content (AvgIpc) is 2.79. The number of hydrogen-bond acceptors (Lipinski definition) is 5. The van der Waals surface area contributed by atoms with Gasteiger partial charge < -0.3 is 20.3 Å². The fourth-order valence-electron chi connectivity index (χ4n) is 3.75. The first-order valence-electron chi connectivity index (χ1n) is 10.0. The number of pyridine rings is 1. The average molecular weight is 404 g/mol. The molecule has 3 aromatic rings. The fourth-order valence-corrected chi connectivity index (χ4v) is 3.75. The second-order valence-electron chi connectivity index (χ2n) is 7.41. The van der Waals surface area contributed by atoms with E-state index in [1.54, 1.807) is 24.5 Å². The molecule has 2 atom stereocenters. The summed E-state index contributed by atoms with van der Waals surface area (Å²) in [5.41, 5.74) is 3.75. The molecular weight excluding hydrogens is 380 g/mol. The SMILES string of the molecule is O=C(O)c1ccccc1-c1ccc2c(c1)CC[C@H](CNC[C@@H](O)c1cccnc1)O2. The summed E-state index contributed by atoms with van der Waals surface area (Å²) in [4.78, 5) is 15.5. The van der Waals surface area contributed by atoms with Crippen LogP contribution in [0.15, 0.2) is 67.0 Å². The van der Waals surface area contributed by atoms with E-state index in [2.05, 4.69) is 10.3 Å². The second kappa shape index (κ2) is 9.07. The van der Waals surface area contributed by atoms with Crippen molar-refractivity contribution in [3.05, 3.63) is 83.7 Å². The van der Waals surface area contributed by atoms with E-state index >= 15 is 0 Å². The molecule has 0 saturated heterocycles. The summed E-state index contributed by atoms with van der Waals surface area (Å²) in [7, 11) is 0. The third kappa shape index (κ3) is 4.50. The quantitative estimate of drug-likeness (QED) is 0.559. The number of aliphatic hydroxyl groups is 1. The van der Waals surface area contributed by atoms with Crippen LogP contribution in [0.25, 0.3) is 11.1 Å². The maximum absolute atomic E-state index is 11.5. The lowest BCUT2D eigenvalue weighted by Gasteiger charge is -2.27. The Labute approximate surface area is 175 Å². The summed E-state index contributed by atoms with van der Waals surface area (Å²) in [5, 5.41) is 22.9. The molecule has 0 fully saturated rings. The number of aryl methyl sites for hydroxylation is 1. The van der Waals surface area contributed by atoms with Gasteiger partial charge in [0.05, 0.1) is 11.7 Å². The van der Waals surface area contributed by atoms with Gasteiger partial charge in [-0.15, -0.1) is 0 Å². The predicted octanol–water partition coefficient (Wildman–Crippen LogP) is 3.46. The molecule has 0 amide bonds. The zero-order valence-electron chi connectivity index (χ0n) is 16.5. The zero-order valence-corrected chi connectivity index (χ0v) is 16.5. The first-order valence-corrected chi connectivity index (χ1v) is 10.0. The highest BCUT2D eigenvalue weighted by Crippen LogP contribution is 2.33. The van der Waals surface area contributed by atoms with E-state index in [1.165, 1.54) is 0 Å². The number of ether oxygens (including phenoxy) is 1. The molecule has 0 bridgehead atoms. The van der Waals surface area contributed by atoms with Crippen LogP contribution in [0.4, 0.5) is 0 Å². The molecule has 0 aliphatic carbocycles. The van der Waals surface area contributed by atoms with Gasteiger partial charge in [-0.05, 0) is 53.8 Å². The van der Waals surface area contributed by atoms with Crippen LogP contribution in [0.5, 0.6) is 5.75 Å². The predicted molar refractivity (Wildman–Crippen MR) is 114 cm³/mol. The topological polar surface area (TPSA) is 91.7 Å². The number of rotatable bonds is 7. The van der Waals surface area contributed by atoms with Gasteiger partial charge in [-0.25, -0.2) is 4.79 Å². The zero-order chi connectivity index (χ0) is 20.9. The van der Waals surface area contributed by atoms with E-state index in [-0.39, 0.29) is 6.10 Å². The number of nitrogens with one attached hydrogen (secondary N) is 1. The molecule has 154 valence electrons. The Balaban J connectivity index is 1.38. The van der Waals surface area contributed by atoms with Gasteiger partial charge in [0.15, 0.2) is 0 Å². The van der Waals surface area contributed by atoms with E-state index in [1.807, 2.05) is 42.5 Å². The highest BCUT2D eigenvalue weighted by atomic mass is 16.5. The van der Waals surface area contributed by atoms with E-state index in [0.29, 0.717) is 24.2 Å². The van der Waals surface area contributed by atoms with Crippen molar-refractivity contribution in [3.8, 4) is 16.9 Å². The molecule has 0 unspecified atom stereocenters. The van der Waals surface area contributed by atoms with Crippen LogP contribution in [0.1, 0.15) is 34.0 Å². The number of carbonyl (C=O) groups is 1. The molecule has 0 spiro atoms. The number of hydrogen-bond donors (Lipinski definition) is 3. The molecule has 6 nitrogen and oxygen atoms in total. The van der Waals surface area contributed by atoms with E-state index in [4.69, 9.17) is 4.74 Å². The van der Waals surface area contributed by atoms with Crippen LogP contribution < -0.4 is 10.1 Å². The maximum atomic E-state index is 11.5. The first-order chi connectivity index (χ1) is 14.6. The van der Waals surface area contributed by atoms with Crippen molar-refractivity contribution >= 4 is 5.97 Å². The maximum Gasteiger partial charge on any atom is 0.336 e. The fraction of sp³-hybridized carbons (Fsp3) is 0.250. The van der Waals surface area contributed by atoms with Crippen LogP contribution in [0.3, 0.4) is 0 Å². The number of aliphatic hydroxyl groups excluding tert-OH is 1. The summed E-state index contributed by atoms with van der Waals surface area (Å²) in [6.07, 6.45) is 4.48. The molecule has 1 aliphatic heterocycles. The molecule has 30 heavy (non-hydrogen) atoms. The van der Waals surface area contributed by atoms with Gasteiger partial charge in [0, 0.05) is 31.0 Å². The Morgan fingerprint density at radius 2 is 2.07 bits per heavy atom. The summed E-state index contributed by atoms with van der Waals surface area (Å²) in [6, 6.07) is 16.5. The highest BCUT2D eigenvalue weighted by Gasteiger charge is 2.21. The lowest BCUT2D eigenvalue weighted by molar-refractivity contribution is 0.0697. The Kier molecular flexibility index (Phi) is 6.07. The van der Waals surface area contributed by atoms with Crippen molar-refractivity contribution in [1.82, 2.24) is 10.3 Å². The van der Waals surface area contributed by atoms with Crippen molar-refractivity contribution in [2.24, 2.45) is 0 Å². The summed E-state index contributed by atoms with van der Waals surface area (Å²) < 4.78 is 6.12. The number of benzene rings is 2. The molecule has 1 aromatic heterocycles. The number of aromatic nitrogens is 1. The van der Waals surface area contributed by atoms with Gasteiger partial charge in [-0.1, -0.05) is 30.3 Å². The molecule has 0 saturated carbocycles. The smallest absolute Gasteiger partial charge is 0.336 e. The van der Waals surface area contributed by atoms with Gasteiger partial charge in [-0.2, -0.15) is 0 Å². The molecule has 6 heteroatoms. The molecule has 3 N–H and O–H groups in total. The van der Waals surface area contributed by atoms with E-state index in [0.717, 1.165) is 35.3 Å². The Bertz CT molecular complexity index is 1020. The summed E-state index contributed by atoms with van der Waals surface area (Å²) >= 11 is 0. The van der Waals surface area contributed by atoms with Gasteiger partial charge in [-0.3, -0.25) is 4.98 Å². The van der Waals surface area contributed by atoms with Crippen LogP contribution >= 0.6 is 0 Å². The summed E-state index contributed by atoms with van der Waals surface area (Å²) in [5.74, 6) is -0.100. The molecular formula is C24H24N2O4. The van der Waals surface area contributed by atoms with Crippen molar-refractivity contribution in [2.45, 2.75) is 25.0 Å². The lowest BCUT2D eigenvalue weighted by atomic mass is 9.94. The van der Waals surface area contributed by atoms with E-state index in [9.17, 15) is 15.0 Å². The van der Waals surface area contributed by atoms with Crippen LogP contribution in [-0.2, 0) is 6.42 Å². The number of fused-ring (bicyclic) bond motifs is 1. The van der Waals surface area contributed by atoms with Crippen molar-refractivity contribution in [3.63, 3.8) is 0 Å². The molecule has 2 heterocycles. The van der Waals surface area contributed by atoms with Crippen LogP contribution in [-0.4, -0.2) is 40.4 Å². The minimum atomic E-state index is -0.931. The van der Waals surface area contributed by atoms with Gasteiger partial charge >= 0.3 is 5.97 Å². The number of carboxylic acids is 1. The molecule has 4 rings (SSSR count). The van der Waals surface area contributed by atoms with Gasteiger partial charge in [0.25, 0.3) is 0 Å². The Hall–Kier alpha value is -3.22. The van der Waals surface area contributed by atoms with Crippen LogP contribution in [0.2, 0.25) is 0 Å². The monoisotopic (exact) mass is 404 g/mol.